The molecule has 9 nitrogen and oxygen atoms in total. The smallest absolute Gasteiger partial charge is 0.251 e. The van der Waals surface area contributed by atoms with Gasteiger partial charge in [-0.05, 0) is 62.6 Å². The highest BCUT2D eigenvalue weighted by Gasteiger charge is 2.44. The number of aliphatic hydroxyl groups excluding tert-OH is 1. The fourth-order valence-corrected chi connectivity index (χ4v) is 5.41. The average Bonchev–Trinajstić information content (AvgIpc) is 3.38. The van der Waals surface area contributed by atoms with Gasteiger partial charge in [-0.25, -0.2) is 18.1 Å². The second-order valence-electron chi connectivity index (χ2n) is 9.41. The van der Waals surface area contributed by atoms with Crippen LogP contribution in [0.1, 0.15) is 54.7 Å². The first-order valence-electron chi connectivity index (χ1n) is 12.0. The van der Waals surface area contributed by atoms with Crippen molar-refractivity contribution in [2.24, 2.45) is 0 Å². The van der Waals surface area contributed by atoms with Crippen LogP contribution >= 0.6 is 0 Å². The molecule has 192 valence electrons. The molecular weight excluding hydrogens is 480 g/mol. The van der Waals surface area contributed by atoms with E-state index in [1.54, 1.807) is 68.8 Å². The number of carbonyl (C=O) groups is 1. The summed E-state index contributed by atoms with van der Waals surface area (Å²) in [5.41, 5.74) is 0.723. The lowest BCUT2D eigenvalue weighted by Gasteiger charge is -2.42. The molecule has 0 saturated carbocycles. The lowest BCUT2D eigenvalue weighted by atomic mass is 9.86. The minimum Gasteiger partial charge on any atom is -0.485 e. The maximum atomic E-state index is 13.2. The van der Waals surface area contributed by atoms with Gasteiger partial charge < -0.3 is 19.7 Å². The maximum Gasteiger partial charge on any atom is 0.251 e. The van der Waals surface area contributed by atoms with E-state index in [0.29, 0.717) is 23.4 Å². The van der Waals surface area contributed by atoms with Crippen molar-refractivity contribution >= 4 is 15.9 Å². The highest BCUT2D eigenvalue weighted by molar-refractivity contribution is 7.89. The Hall–Kier alpha value is -3.21. The Labute approximate surface area is 211 Å². The van der Waals surface area contributed by atoms with Crippen LogP contribution in [0.25, 0.3) is 0 Å². The number of imidazole rings is 1. The normalized spacial score (nSPS) is 18.8. The van der Waals surface area contributed by atoms with Crippen LogP contribution in [-0.4, -0.2) is 47.2 Å². The van der Waals surface area contributed by atoms with Crippen LogP contribution in [-0.2, 0) is 23.0 Å². The first kappa shape index (κ1) is 25.9. The first-order chi connectivity index (χ1) is 17.1. The van der Waals surface area contributed by atoms with Gasteiger partial charge >= 0.3 is 0 Å². The van der Waals surface area contributed by atoms with Gasteiger partial charge in [0.2, 0.25) is 10.0 Å². The van der Waals surface area contributed by atoms with Crippen LogP contribution in [0, 0.1) is 0 Å². The molecule has 3 aromatic rings. The Morgan fingerprint density at radius 1 is 1.19 bits per heavy atom. The second-order valence-corrected chi connectivity index (χ2v) is 11.1. The van der Waals surface area contributed by atoms with Crippen molar-refractivity contribution in [1.29, 1.82) is 0 Å². The van der Waals surface area contributed by atoms with Crippen molar-refractivity contribution in [2.75, 3.05) is 6.54 Å². The van der Waals surface area contributed by atoms with Gasteiger partial charge in [-0.1, -0.05) is 19.1 Å². The first-order valence-corrected chi connectivity index (χ1v) is 13.5. The Balaban J connectivity index is 1.54. The zero-order chi connectivity index (χ0) is 25.9. The van der Waals surface area contributed by atoms with Gasteiger partial charge in [-0.2, -0.15) is 0 Å². The highest BCUT2D eigenvalue weighted by Crippen LogP contribution is 2.41. The van der Waals surface area contributed by atoms with Crippen molar-refractivity contribution in [3.05, 3.63) is 77.9 Å². The SMILES string of the molecule is CCc1ccc(S(=O)(=O)N[C@@H]2c3cc(C(=O)NCCCn4ccnc4)ccc3OC(C)(C)[C@H]2O)cc1. The van der Waals surface area contributed by atoms with Crippen molar-refractivity contribution in [1.82, 2.24) is 19.6 Å². The number of ether oxygens (including phenoxy) is 1. The van der Waals surface area contributed by atoms with Crippen LogP contribution < -0.4 is 14.8 Å². The summed E-state index contributed by atoms with van der Waals surface area (Å²) in [5.74, 6) is 0.121. The van der Waals surface area contributed by atoms with Gasteiger partial charge in [0.15, 0.2) is 0 Å². The van der Waals surface area contributed by atoms with E-state index in [-0.39, 0.29) is 10.8 Å². The number of nitrogens with one attached hydrogen (secondary N) is 2. The number of hydrogen-bond acceptors (Lipinski definition) is 6. The van der Waals surface area contributed by atoms with Gasteiger partial charge in [0.1, 0.15) is 17.5 Å². The van der Waals surface area contributed by atoms with E-state index in [2.05, 4.69) is 15.0 Å². The molecule has 36 heavy (non-hydrogen) atoms. The summed E-state index contributed by atoms with van der Waals surface area (Å²) in [7, 11) is -3.96. The molecule has 2 aromatic carbocycles. The van der Waals surface area contributed by atoms with E-state index in [1.165, 1.54) is 0 Å². The standard InChI is InChI=1S/C26H32N4O5S/c1-4-18-6-9-20(10-7-18)36(33,34)29-23-21-16-19(8-11-22(21)35-26(2,3)24(23)31)25(32)28-12-5-14-30-15-13-27-17-30/h6-11,13,15-17,23-24,29,31H,4-5,12,14H2,1-3H3,(H,28,32)/t23-,24+/m1/s1. The largest absolute Gasteiger partial charge is 0.485 e. The van der Waals surface area contributed by atoms with Crippen LogP contribution in [0.15, 0.2) is 66.1 Å². The average molecular weight is 513 g/mol. The molecule has 3 N–H and O–H groups in total. The maximum absolute atomic E-state index is 13.2. The minimum absolute atomic E-state index is 0.101. The molecule has 1 aromatic heterocycles. The number of hydrogen-bond donors (Lipinski definition) is 3. The lowest BCUT2D eigenvalue weighted by Crippen LogP contribution is -2.53. The third kappa shape index (κ3) is 5.61. The van der Waals surface area contributed by atoms with Gasteiger partial charge in [0.05, 0.1) is 17.3 Å². The molecule has 0 bridgehead atoms. The molecule has 1 amide bonds. The van der Waals surface area contributed by atoms with E-state index in [9.17, 15) is 18.3 Å². The highest BCUT2D eigenvalue weighted by atomic mass is 32.2. The van der Waals surface area contributed by atoms with Crippen molar-refractivity contribution in [3.8, 4) is 5.75 Å². The number of nitrogens with zero attached hydrogens (tertiary/aromatic N) is 2. The van der Waals surface area contributed by atoms with Crippen molar-refractivity contribution in [3.63, 3.8) is 0 Å². The molecule has 0 radical (unpaired) electrons. The number of rotatable bonds is 9. The molecule has 10 heteroatoms. The summed E-state index contributed by atoms with van der Waals surface area (Å²) in [6, 6.07) is 10.5. The Kier molecular flexibility index (Phi) is 7.49. The number of carbonyl (C=O) groups excluding carboxylic acids is 1. The van der Waals surface area contributed by atoms with E-state index >= 15 is 0 Å². The van der Waals surface area contributed by atoms with E-state index in [1.807, 2.05) is 17.7 Å². The summed E-state index contributed by atoms with van der Waals surface area (Å²) in [5, 5.41) is 14.0. The number of benzene rings is 2. The number of aryl methyl sites for hydroxylation is 2. The van der Waals surface area contributed by atoms with E-state index < -0.39 is 27.8 Å². The molecule has 1 aliphatic rings. The summed E-state index contributed by atoms with van der Waals surface area (Å²) in [6.07, 6.45) is 5.61. The van der Waals surface area contributed by atoms with Gasteiger partial charge in [-0.15, -0.1) is 0 Å². The zero-order valence-corrected chi connectivity index (χ0v) is 21.5. The lowest BCUT2D eigenvalue weighted by molar-refractivity contribution is -0.0603. The molecule has 0 fully saturated rings. The van der Waals surface area contributed by atoms with E-state index in [4.69, 9.17) is 4.74 Å². The predicted octanol–water partition coefficient (Wildman–Crippen LogP) is 2.82. The molecule has 2 atom stereocenters. The topological polar surface area (TPSA) is 123 Å². The van der Waals surface area contributed by atoms with Crippen LogP contribution in [0.4, 0.5) is 0 Å². The summed E-state index contributed by atoms with van der Waals surface area (Å²) in [4.78, 5) is 16.9. The molecular formula is C26H32N4O5S. The Bertz CT molecular complexity index is 1300. The second kappa shape index (κ2) is 10.4. The number of aromatic nitrogens is 2. The molecule has 0 unspecified atom stereocenters. The third-order valence-corrected chi connectivity index (χ3v) is 7.83. The monoisotopic (exact) mass is 512 g/mol. The van der Waals surface area contributed by atoms with Crippen molar-refractivity contribution < 1.29 is 23.1 Å². The Morgan fingerprint density at radius 2 is 1.94 bits per heavy atom. The molecule has 0 aliphatic carbocycles. The fourth-order valence-electron chi connectivity index (χ4n) is 4.19. The molecule has 4 rings (SSSR count). The molecule has 0 saturated heterocycles. The molecule has 2 heterocycles. The van der Waals surface area contributed by atoms with Crippen LogP contribution in [0.5, 0.6) is 5.75 Å². The zero-order valence-electron chi connectivity index (χ0n) is 20.6. The number of fused-ring (bicyclic) bond motifs is 1. The number of aliphatic hydroxyl groups is 1. The summed E-state index contributed by atoms with van der Waals surface area (Å²) in [6.45, 7) is 6.57. The predicted molar refractivity (Wildman–Crippen MR) is 135 cm³/mol. The van der Waals surface area contributed by atoms with Crippen LogP contribution in [0.3, 0.4) is 0 Å². The Morgan fingerprint density at radius 3 is 2.61 bits per heavy atom. The van der Waals surface area contributed by atoms with Crippen molar-refractivity contribution in [2.45, 2.75) is 62.8 Å². The number of sulfonamides is 1. The van der Waals surface area contributed by atoms with E-state index in [0.717, 1.165) is 24.9 Å². The van der Waals surface area contributed by atoms with Gasteiger partial charge in [-0.3, -0.25) is 4.79 Å². The third-order valence-electron chi connectivity index (χ3n) is 6.37. The van der Waals surface area contributed by atoms with Gasteiger partial charge in [0.25, 0.3) is 5.91 Å². The fraction of sp³-hybridized carbons (Fsp3) is 0.385. The number of amides is 1. The molecule has 1 aliphatic heterocycles. The van der Waals surface area contributed by atoms with Crippen LogP contribution in [0.2, 0.25) is 0 Å². The van der Waals surface area contributed by atoms with Gasteiger partial charge in [0, 0.05) is 36.6 Å². The summed E-state index contributed by atoms with van der Waals surface area (Å²) < 4.78 is 37.0. The minimum atomic E-state index is -3.96. The quantitative estimate of drug-likeness (QED) is 0.379. The summed E-state index contributed by atoms with van der Waals surface area (Å²) >= 11 is 0. The molecule has 0 spiro atoms.